The van der Waals surface area contributed by atoms with Crippen molar-refractivity contribution in [3.63, 3.8) is 0 Å². The zero-order valence-electron chi connectivity index (χ0n) is 34.3. The molecule has 0 aromatic heterocycles. The minimum atomic E-state index is -0.511. The van der Waals surface area contributed by atoms with Crippen LogP contribution < -0.4 is 4.90 Å². The van der Waals surface area contributed by atoms with Crippen molar-refractivity contribution in [1.29, 1.82) is 0 Å². The van der Waals surface area contributed by atoms with Gasteiger partial charge in [-0.15, -0.1) is 0 Å². The highest BCUT2D eigenvalue weighted by Gasteiger charge is 2.47. The Bertz CT molecular complexity index is 3090. The van der Waals surface area contributed by atoms with Crippen LogP contribution in [0, 0.1) is 0 Å². The predicted molar refractivity (Wildman–Crippen MR) is 260 cm³/mol. The molecule has 1 heteroatoms. The normalized spacial score (nSPS) is 12.3. The van der Waals surface area contributed by atoms with Gasteiger partial charge in [-0.25, -0.2) is 0 Å². The third kappa shape index (κ3) is 6.43. The summed E-state index contributed by atoms with van der Waals surface area (Å²) in [5.41, 5.74) is 20.1. The number of fused-ring (bicyclic) bond motifs is 3. The van der Waals surface area contributed by atoms with Crippen molar-refractivity contribution in [3.8, 4) is 55.6 Å². The SMILES string of the molecule is c1ccc(-c2ccc(-c3ccc(N(c4ccc(-c5ccccc5)cc4)c4cccc(-c5ccccc5C5(c6ccccc6)c6ccccc6-c6ccccc65)c4)cc3)cc2)cc1. The second-order valence-corrected chi connectivity index (χ2v) is 16.0. The van der Waals surface area contributed by atoms with Gasteiger partial charge in [-0.2, -0.15) is 0 Å². The monoisotopic (exact) mass is 789 g/mol. The number of hydrogen-bond donors (Lipinski definition) is 0. The summed E-state index contributed by atoms with van der Waals surface area (Å²) < 4.78 is 0. The lowest BCUT2D eigenvalue weighted by molar-refractivity contribution is 0.770. The molecule has 1 aliphatic rings. The molecule has 0 heterocycles. The molecule has 0 fully saturated rings. The van der Waals surface area contributed by atoms with Crippen molar-refractivity contribution < 1.29 is 0 Å². The summed E-state index contributed by atoms with van der Waals surface area (Å²) in [6, 6.07) is 95.1. The fraction of sp³-hybridized carbons (Fsp3) is 0.0164. The van der Waals surface area contributed by atoms with E-state index in [-0.39, 0.29) is 0 Å². The summed E-state index contributed by atoms with van der Waals surface area (Å²) >= 11 is 0. The quantitative estimate of drug-likeness (QED) is 0.141. The Hall–Kier alpha value is -8.00. The number of hydrogen-bond acceptors (Lipinski definition) is 1. The van der Waals surface area contributed by atoms with Crippen LogP contribution in [0.3, 0.4) is 0 Å². The maximum Gasteiger partial charge on any atom is 0.0719 e. The average molecular weight is 790 g/mol. The molecule has 10 aromatic rings. The highest BCUT2D eigenvalue weighted by Crippen LogP contribution is 2.57. The molecule has 0 spiro atoms. The molecule has 11 rings (SSSR count). The summed E-state index contributed by atoms with van der Waals surface area (Å²) in [5.74, 6) is 0. The van der Waals surface area contributed by atoms with Crippen LogP contribution in [0.1, 0.15) is 22.3 Å². The molecule has 0 atom stereocenters. The van der Waals surface area contributed by atoms with Crippen molar-refractivity contribution in [2.24, 2.45) is 0 Å². The molecule has 0 N–H and O–H groups in total. The first-order chi connectivity index (χ1) is 30.8. The Morgan fingerprint density at radius 3 is 1.03 bits per heavy atom. The molecule has 1 nitrogen and oxygen atoms in total. The van der Waals surface area contributed by atoms with E-state index in [0.29, 0.717) is 0 Å². The van der Waals surface area contributed by atoms with Crippen molar-refractivity contribution in [2.75, 3.05) is 4.90 Å². The van der Waals surface area contributed by atoms with Crippen LogP contribution in [-0.4, -0.2) is 0 Å². The maximum absolute atomic E-state index is 2.39. The summed E-state index contributed by atoms with van der Waals surface area (Å²) in [7, 11) is 0. The molecule has 10 aromatic carbocycles. The average Bonchev–Trinajstić information content (AvgIpc) is 3.66. The lowest BCUT2D eigenvalue weighted by atomic mass is 9.66. The molecule has 1 aliphatic carbocycles. The van der Waals surface area contributed by atoms with Gasteiger partial charge in [0.2, 0.25) is 0 Å². The van der Waals surface area contributed by atoms with Gasteiger partial charge >= 0.3 is 0 Å². The van der Waals surface area contributed by atoms with E-state index in [4.69, 9.17) is 0 Å². The van der Waals surface area contributed by atoms with Crippen LogP contribution in [0.25, 0.3) is 55.6 Å². The van der Waals surface area contributed by atoms with Crippen molar-refractivity contribution >= 4 is 17.1 Å². The molecule has 0 amide bonds. The topological polar surface area (TPSA) is 3.24 Å². The van der Waals surface area contributed by atoms with E-state index in [0.717, 1.165) is 22.6 Å². The zero-order valence-corrected chi connectivity index (χ0v) is 34.3. The Labute approximate surface area is 364 Å². The highest BCUT2D eigenvalue weighted by molar-refractivity contribution is 5.90. The van der Waals surface area contributed by atoms with Crippen molar-refractivity contribution in [2.45, 2.75) is 5.41 Å². The summed E-state index contributed by atoms with van der Waals surface area (Å²) in [5, 5.41) is 0. The molecule has 0 saturated carbocycles. The molecule has 0 saturated heterocycles. The Morgan fingerprint density at radius 1 is 0.226 bits per heavy atom. The number of benzene rings is 10. The van der Waals surface area contributed by atoms with Crippen LogP contribution in [0.4, 0.5) is 17.1 Å². The van der Waals surface area contributed by atoms with Gasteiger partial charge in [-0.1, -0.05) is 224 Å². The van der Waals surface area contributed by atoms with Gasteiger partial charge in [0, 0.05) is 17.1 Å². The molecule has 0 unspecified atom stereocenters. The number of anilines is 3. The van der Waals surface area contributed by atoms with E-state index in [2.05, 4.69) is 266 Å². The predicted octanol–water partition coefficient (Wildman–Crippen LogP) is 16.2. The summed E-state index contributed by atoms with van der Waals surface area (Å²) in [6.45, 7) is 0. The molecule has 0 aliphatic heterocycles. The first-order valence-electron chi connectivity index (χ1n) is 21.4. The first kappa shape index (κ1) is 37.0. The first-order valence-corrected chi connectivity index (χ1v) is 21.4. The van der Waals surface area contributed by atoms with Crippen LogP contribution in [0.2, 0.25) is 0 Å². The van der Waals surface area contributed by atoms with E-state index in [1.807, 2.05) is 0 Å². The van der Waals surface area contributed by atoms with Crippen LogP contribution in [0.15, 0.2) is 261 Å². The molecular weight excluding hydrogens is 747 g/mol. The second kappa shape index (κ2) is 15.9. The van der Waals surface area contributed by atoms with Crippen LogP contribution >= 0.6 is 0 Å². The lowest BCUT2D eigenvalue weighted by Crippen LogP contribution is -2.29. The zero-order chi connectivity index (χ0) is 41.3. The summed E-state index contributed by atoms with van der Waals surface area (Å²) in [6.07, 6.45) is 0. The third-order valence-corrected chi connectivity index (χ3v) is 12.6. The Balaban J connectivity index is 1.04. The molecule has 62 heavy (non-hydrogen) atoms. The largest absolute Gasteiger partial charge is 0.310 e. The van der Waals surface area contributed by atoms with Gasteiger partial charge in [0.05, 0.1) is 5.41 Å². The van der Waals surface area contributed by atoms with E-state index in [1.54, 1.807) is 0 Å². The smallest absolute Gasteiger partial charge is 0.0719 e. The number of rotatable bonds is 9. The molecule has 0 radical (unpaired) electrons. The van der Waals surface area contributed by atoms with E-state index < -0.39 is 5.41 Å². The van der Waals surface area contributed by atoms with E-state index in [1.165, 1.54) is 72.3 Å². The fourth-order valence-corrected chi connectivity index (χ4v) is 9.72. The fourth-order valence-electron chi connectivity index (χ4n) is 9.72. The summed E-state index contributed by atoms with van der Waals surface area (Å²) in [4.78, 5) is 2.39. The molecular formula is C61H43N. The second-order valence-electron chi connectivity index (χ2n) is 16.0. The lowest BCUT2D eigenvalue weighted by Gasteiger charge is -2.35. The number of nitrogens with zero attached hydrogens (tertiary/aromatic N) is 1. The van der Waals surface area contributed by atoms with Crippen molar-refractivity contribution in [1.82, 2.24) is 0 Å². The van der Waals surface area contributed by atoms with Gasteiger partial charge in [-0.3, -0.25) is 0 Å². The Kier molecular flexibility index (Phi) is 9.48. The standard InChI is InChI=1S/C61H43N/c1-4-17-44(18-5-1)46-31-33-47(34-32-46)49-37-41-53(42-38-49)62(52-39-35-48(36-40-52)45-19-6-2-7-20-45)54-24-16-21-50(43-54)55-25-10-13-28-58(55)61(51-22-8-3-9-23-51)59-29-14-11-26-56(59)57-27-12-15-30-60(57)61/h1-43H. The van der Waals surface area contributed by atoms with Gasteiger partial charge in [0.15, 0.2) is 0 Å². The van der Waals surface area contributed by atoms with Crippen molar-refractivity contribution in [3.05, 3.63) is 283 Å². The van der Waals surface area contributed by atoms with E-state index in [9.17, 15) is 0 Å². The van der Waals surface area contributed by atoms with Crippen LogP contribution in [-0.2, 0) is 5.41 Å². The maximum atomic E-state index is 2.39. The minimum Gasteiger partial charge on any atom is -0.310 e. The van der Waals surface area contributed by atoms with Gasteiger partial charge in [0.25, 0.3) is 0 Å². The van der Waals surface area contributed by atoms with Gasteiger partial charge in [0.1, 0.15) is 0 Å². The molecule has 292 valence electrons. The van der Waals surface area contributed by atoms with Gasteiger partial charge < -0.3 is 4.90 Å². The minimum absolute atomic E-state index is 0.511. The van der Waals surface area contributed by atoms with E-state index >= 15 is 0 Å². The molecule has 0 bridgehead atoms. The third-order valence-electron chi connectivity index (χ3n) is 12.6. The highest BCUT2D eigenvalue weighted by atomic mass is 15.1. The van der Waals surface area contributed by atoms with Crippen LogP contribution in [0.5, 0.6) is 0 Å². The Morgan fingerprint density at radius 2 is 0.565 bits per heavy atom. The van der Waals surface area contributed by atoms with Gasteiger partial charge in [-0.05, 0) is 114 Å².